The van der Waals surface area contributed by atoms with Crippen molar-refractivity contribution in [1.82, 2.24) is 0 Å². The average molecular weight is 247 g/mol. The Morgan fingerprint density at radius 1 is 1.18 bits per heavy atom. The monoisotopic (exact) mass is 247 g/mol. The Morgan fingerprint density at radius 2 is 1.71 bits per heavy atom. The zero-order valence-electron chi connectivity index (χ0n) is 9.70. The lowest BCUT2D eigenvalue weighted by Crippen LogP contribution is -2.34. The minimum Gasteiger partial charge on any atom is -0.387 e. The summed E-state index contributed by atoms with van der Waals surface area (Å²) in [7, 11) is 0. The standard InChI is InChI=1S/C12H16F3NO/c1-7(2)10(16)11(17)8-5-3-4-6-9(8)12(13,14)15/h3-7,10-11,17H,16H2,1-2H3. The van der Waals surface area contributed by atoms with Crippen LogP contribution in [-0.2, 0) is 6.18 Å². The summed E-state index contributed by atoms with van der Waals surface area (Å²) in [6.07, 6.45) is -5.79. The predicted molar refractivity (Wildman–Crippen MR) is 59.2 cm³/mol. The molecule has 1 aromatic rings. The molecule has 0 bridgehead atoms. The summed E-state index contributed by atoms with van der Waals surface area (Å²) < 4.78 is 38.2. The van der Waals surface area contributed by atoms with Gasteiger partial charge in [-0.3, -0.25) is 0 Å². The largest absolute Gasteiger partial charge is 0.416 e. The lowest BCUT2D eigenvalue weighted by atomic mass is 9.91. The molecule has 0 aliphatic carbocycles. The first-order valence-electron chi connectivity index (χ1n) is 5.35. The van der Waals surface area contributed by atoms with Gasteiger partial charge in [0.2, 0.25) is 0 Å². The molecular formula is C12H16F3NO. The van der Waals surface area contributed by atoms with Crippen LogP contribution in [0, 0.1) is 5.92 Å². The fourth-order valence-corrected chi connectivity index (χ4v) is 1.58. The number of rotatable bonds is 3. The van der Waals surface area contributed by atoms with Crippen LogP contribution in [0.5, 0.6) is 0 Å². The van der Waals surface area contributed by atoms with Crippen molar-refractivity contribution in [2.75, 3.05) is 0 Å². The molecule has 0 aromatic heterocycles. The van der Waals surface area contributed by atoms with Gasteiger partial charge in [-0.1, -0.05) is 32.0 Å². The maximum absolute atomic E-state index is 12.7. The molecule has 0 spiro atoms. The summed E-state index contributed by atoms with van der Waals surface area (Å²) in [5.41, 5.74) is 4.69. The Morgan fingerprint density at radius 3 is 2.18 bits per heavy atom. The van der Waals surface area contributed by atoms with Crippen LogP contribution in [0.1, 0.15) is 31.1 Å². The van der Waals surface area contributed by atoms with E-state index in [2.05, 4.69) is 0 Å². The second-order valence-corrected chi connectivity index (χ2v) is 4.35. The van der Waals surface area contributed by atoms with E-state index in [9.17, 15) is 18.3 Å². The van der Waals surface area contributed by atoms with Gasteiger partial charge in [0.1, 0.15) is 0 Å². The summed E-state index contributed by atoms with van der Waals surface area (Å²) in [5.74, 6) is -0.105. The van der Waals surface area contributed by atoms with Gasteiger partial charge in [-0.15, -0.1) is 0 Å². The molecule has 0 fully saturated rings. The molecule has 2 unspecified atom stereocenters. The molecule has 1 aromatic carbocycles. The van der Waals surface area contributed by atoms with Gasteiger partial charge in [0.25, 0.3) is 0 Å². The topological polar surface area (TPSA) is 46.2 Å². The van der Waals surface area contributed by atoms with E-state index in [0.717, 1.165) is 6.07 Å². The molecule has 0 saturated heterocycles. The van der Waals surface area contributed by atoms with Crippen molar-refractivity contribution < 1.29 is 18.3 Å². The summed E-state index contributed by atoms with van der Waals surface area (Å²) >= 11 is 0. The van der Waals surface area contributed by atoms with E-state index in [1.165, 1.54) is 18.2 Å². The summed E-state index contributed by atoms with van der Waals surface area (Å²) in [4.78, 5) is 0. The Bertz CT molecular complexity index is 376. The number of nitrogens with two attached hydrogens (primary N) is 1. The Hall–Kier alpha value is -1.07. The lowest BCUT2D eigenvalue weighted by Gasteiger charge is -2.25. The summed E-state index contributed by atoms with van der Waals surface area (Å²) in [5, 5.41) is 9.88. The highest BCUT2D eigenvalue weighted by Crippen LogP contribution is 2.35. The first-order chi connectivity index (χ1) is 7.75. The van der Waals surface area contributed by atoms with Crippen molar-refractivity contribution in [2.45, 2.75) is 32.2 Å². The van der Waals surface area contributed by atoms with E-state index < -0.39 is 23.9 Å². The normalized spacial score (nSPS) is 16.0. The fraction of sp³-hybridized carbons (Fsp3) is 0.500. The Balaban J connectivity index is 3.14. The molecule has 17 heavy (non-hydrogen) atoms. The van der Waals surface area contributed by atoms with Crippen LogP contribution in [0.4, 0.5) is 13.2 Å². The first kappa shape index (κ1) is 14.0. The Kier molecular flexibility index (Phi) is 4.16. The fourth-order valence-electron chi connectivity index (χ4n) is 1.58. The van der Waals surface area contributed by atoms with Crippen LogP contribution in [0.3, 0.4) is 0 Å². The molecular weight excluding hydrogens is 231 g/mol. The van der Waals surface area contributed by atoms with Crippen LogP contribution in [-0.4, -0.2) is 11.1 Å². The van der Waals surface area contributed by atoms with Crippen LogP contribution in [0.2, 0.25) is 0 Å². The summed E-state index contributed by atoms with van der Waals surface area (Å²) in [6.45, 7) is 3.51. The number of hydrogen-bond acceptors (Lipinski definition) is 2. The molecule has 3 N–H and O–H groups in total. The molecule has 0 aliphatic rings. The van der Waals surface area contributed by atoms with E-state index in [0.29, 0.717) is 0 Å². The molecule has 2 atom stereocenters. The summed E-state index contributed by atoms with van der Waals surface area (Å²) in [6, 6.07) is 4.24. The minimum absolute atomic E-state index is 0.105. The molecule has 5 heteroatoms. The van der Waals surface area contributed by atoms with Crippen molar-refractivity contribution in [3.05, 3.63) is 35.4 Å². The van der Waals surface area contributed by atoms with Gasteiger partial charge in [0.15, 0.2) is 0 Å². The van der Waals surface area contributed by atoms with E-state index in [1.54, 1.807) is 13.8 Å². The molecule has 0 radical (unpaired) electrons. The third kappa shape index (κ3) is 3.20. The zero-order valence-corrected chi connectivity index (χ0v) is 9.70. The lowest BCUT2D eigenvalue weighted by molar-refractivity contribution is -0.139. The van der Waals surface area contributed by atoms with Crippen molar-refractivity contribution >= 4 is 0 Å². The van der Waals surface area contributed by atoms with Crippen molar-refractivity contribution in [3.8, 4) is 0 Å². The highest BCUT2D eigenvalue weighted by atomic mass is 19.4. The molecule has 0 saturated carbocycles. The SMILES string of the molecule is CC(C)C(N)C(O)c1ccccc1C(F)(F)F. The quantitative estimate of drug-likeness (QED) is 0.862. The van der Waals surface area contributed by atoms with Crippen LogP contribution < -0.4 is 5.73 Å². The van der Waals surface area contributed by atoms with Gasteiger partial charge in [-0.05, 0) is 17.5 Å². The molecule has 1 rings (SSSR count). The van der Waals surface area contributed by atoms with Crippen LogP contribution in [0.15, 0.2) is 24.3 Å². The Labute approximate surface area is 98.3 Å². The van der Waals surface area contributed by atoms with Crippen LogP contribution >= 0.6 is 0 Å². The van der Waals surface area contributed by atoms with Crippen molar-refractivity contribution in [3.63, 3.8) is 0 Å². The second-order valence-electron chi connectivity index (χ2n) is 4.35. The highest BCUT2D eigenvalue weighted by molar-refractivity contribution is 5.32. The number of aliphatic hydroxyl groups is 1. The van der Waals surface area contributed by atoms with E-state index in [1.807, 2.05) is 0 Å². The van der Waals surface area contributed by atoms with Gasteiger partial charge in [0.05, 0.1) is 11.7 Å². The molecule has 96 valence electrons. The van der Waals surface area contributed by atoms with Crippen LogP contribution in [0.25, 0.3) is 0 Å². The van der Waals surface area contributed by atoms with E-state index >= 15 is 0 Å². The number of hydrogen-bond donors (Lipinski definition) is 2. The third-order valence-electron chi connectivity index (χ3n) is 2.72. The molecule has 2 nitrogen and oxygen atoms in total. The highest BCUT2D eigenvalue weighted by Gasteiger charge is 2.36. The van der Waals surface area contributed by atoms with Gasteiger partial charge in [-0.25, -0.2) is 0 Å². The first-order valence-corrected chi connectivity index (χ1v) is 5.35. The average Bonchev–Trinajstić information content (AvgIpc) is 2.25. The van der Waals surface area contributed by atoms with Gasteiger partial charge < -0.3 is 10.8 Å². The minimum atomic E-state index is -4.48. The van der Waals surface area contributed by atoms with Gasteiger partial charge in [0, 0.05) is 6.04 Å². The van der Waals surface area contributed by atoms with Gasteiger partial charge >= 0.3 is 6.18 Å². The van der Waals surface area contributed by atoms with Gasteiger partial charge in [-0.2, -0.15) is 13.2 Å². The smallest absolute Gasteiger partial charge is 0.387 e. The second kappa shape index (κ2) is 5.06. The number of benzene rings is 1. The van der Waals surface area contributed by atoms with Crippen molar-refractivity contribution in [1.29, 1.82) is 0 Å². The zero-order chi connectivity index (χ0) is 13.2. The number of alkyl halides is 3. The molecule has 0 heterocycles. The molecule has 0 aliphatic heterocycles. The maximum atomic E-state index is 12.7. The van der Waals surface area contributed by atoms with E-state index in [-0.39, 0.29) is 11.5 Å². The molecule has 0 amide bonds. The number of halogens is 3. The maximum Gasteiger partial charge on any atom is 0.416 e. The number of aliphatic hydroxyl groups excluding tert-OH is 1. The van der Waals surface area contributed by atoms with Crippen molar-refractivity contribution in [2.24, 2.45) is 11.7 Å². The third-order valence-corrected chi connectivity index (χ3v) is 2.72. The van der Waals surface area contributed by atoms with E-state index in [4.69, 9.17) is 5.73 Å². The predicted octanol–water partition coefficient (Wildman–Crippen LogP) is 2.72.